The van der Waals surface area contributed by atoms with Gasteiger partial charge in [-0.05, 0) is 85.0 Å². The van der Waals surface area contributed by atoms with E-state index in [1.54, 1.807) is 5.56 Å². The maximum Gasteiger partial charge on any atom is 0.0462 e. The molecule has 0 bridgehead atoms. The van der Waals surface area contributed by atoms with Gasteiger partial charge in [0.25, 0.3) is 0 Å². The van der Waals surface area contributed by atoms with Gasteiger partial charge < -0.3 is 0 Å². The molecule has 0 radical (unpaired) electrons. The minimum Gasteiger partial charge on any atom is -0.294 e. The average Bonchev–Trinajstić information content (AvgIpc) is 3.12. The minimum atomic E-state index is 0.421. The summed E-state index contributed by atoms with van der Waals surface area (Å²) < 4.78 is 1.34. The zero-order valence-corrected chi connectivity index (χ0v) is 12.6. The van der Waals surface area contributed by atoms with Crippen molar-refractivity contribution in [3.63, 3.8) is 0 Å². The standard InChI is InChI=1S/C15H20IN/c1-12-6-10-17(11-7-12)15(8-9-15)13-2-4-14(16)5-3-13/h2-5,12H,6-11H2,1H3. The van der Waals surface area contributed by atoms with Crippen LogP contribution in [0.3, 0.4) is 0 Å². The Bertz CT molecular complexity index is 386. The van der Waals surface area contributed by atoms with E-state index in [0.717, 1.165) is 5.92 Å². The maximum atomic E-state index is 2.75. The van der Waals surface area contributed by atoms with Gasteiger partial charge in [-0.3, -0.25) is 4.90 Å². The van der Waals surface area contributed by atoms with E-state index in [1.807, 2.05) is 0 Å². The van der Waals surface area contributed by atoms with Crippen LogP contribution in [0.15, 0.2) is 24.3 Å². The Morgan fingerprint density at radius 1 is 1.12 bits per heavy atom. The van der Waals surface area contributed by atoms with E-state index in [4.69, 9.17) is 0 Å². The summed E-state index contributed by atoms with van der Waals surface area (Å²) in [6.07, 6.45) is 5.49. The molecule has 2 heteroatoms. The number of benzene rings is 1. The highest BCUT2D eigenvalue weighted by Crippen LogP contribution is 2.52. The first-order valence-electron chi connectivity index (χ1n) is 6.72. The third-order valence-corrected chi connectivity index (χ3v) is 5.21. The maximum absolute atomic E-state index is 2.75. The molecule has 0 unspecified atom stereocenters. The number of halogens is 1. The molecule has 1 aliphatic heterocycles. The van der Waals surface area contributed by atoms with E-state index in [0.29, 0.717) is 5.54 Å². The van der Waals surface area contributed by atoms with Gasteiger partial charge in [-0.15, -0.1) is 0 Å². The monoisotopic (exact) mass is 341 g/mol. The van der Waals surface area contributed by atoms with Gasteiger partial charge in [-0.1, -0.05) is 19.1 Å². The van der Waals surface area contributed by atoms with Gasteiger partial charge >= 0.3 is 0 Å². The lowest BCUT2D eigenvalue weighted by atomic mass is 9.94. The number of nitrogens with zero attached hydrogens (tertiary/aromatic N) is 1. The molecule has 0 atom stereocenters. The van der Waals surface area contributed by atoms with Crippen molar-refractivity contribution in [1.82, 2.24) is 4.90 Å². The molecule has 1 nitrogen and oxygen atoms in total. The number of likely N-dealkylation sites (tertiary alicyclic amines) is 1. The highest BCUT2D eigenvalue weighted by molar-refractivity contribution is 14.1. The Morgan fingerprint density at radius 2 is 1.71 bits per heavy atom. The molecule has 1 saturated carbocycles. The Morgan fingerprint density at radius 3 is 2.24 bits per heavy atom. The zero-order valence-electron chi connectivity index (χ0n) is 10.5. The van der Waals surface area contributed by atoms with E-state index in [1.165, 1.54) is 42.3 Å². The van der Waals surface area contributed by atoms with Crippen LogP contribution in [0.5, 0.6) is 0 Å². The second-order valence-electron chi connectivity index (χ2n) is 5.71. The molecule has 1 saturated heterocycles. The molecule has 3 rings (SSSR count). The second kappa shape index (κ2) is 4.54. The lowest BCUT2D eigenvalue weighted by Crippen LogP contribution is -2.41. The highest BCUT2D eigenvalue weighted by Gasteiger charge is 2.49. The Balaban J connectivity index is 1.79. The molecule has 0 amide bonds. The normalized spacial score (nSPS) is 24.8. The fraction of sp³-hybridized carbons (Fsp3) is 0.600. The second-order valence-corrected chi connectivity index (χ2v) is 6.95. The van der Waals surface area contributed by atoms with Crippen LogP contribution < -0.4 is 0 Å². The van der Waals surface area contributed by atoms with Crippen LogP contribution in [0.4, 0.5) is 0 Å². The van der Waals surface area contributed by atoms with Crippen LogP contribution in [-0.2, 0) is 5.54 Å². The van der Waals surface area contributed by atoms with Crippen molar-refractivity contribution < 1.29 is 0 Å². The van der Waals surface area contributed by atoms with Gasteiger partial charge in [0.2, 0.25) is 0 Å². The first-order chi connectivity index (χ1) is 8.21. The number of rotatable bonds is 2. The van der Waals surface area contributed by atoms with Gasteiger partial charge in [-0.2, -0.15) is 0 Å². The molecule has 17 heavy (non-hydrogen) atoms. The predicted octanol–water partition coefficient (Wildman–Crippen LogP) is 4.01. The molecule has 92 valence electrons. The fourth-order valence-corrected chi connectivity index (χ4v) is 3.46. The van der Waals surface area contributed by atoms with E-state index in [2.05, 4.69) is 58.7 Å². The van der Waals surface area contributed by atoms with Crippen LogP contribution in [0.1, 0.15) is 38.2 Å². The van der Waals surface area contributed by atoms with Gasteiger partial charge in [-0.25, -0.2) is 0 Å². The van der Waals surface area contributed by atoms with Crippen molar-refractivity contribution in [3.8, 4) is 0 Å². The molecule has 1 aliphatic carbocycles. The number of hydrogen-bond donors (Lipinski definition) is 0. The van der Waals surface area contributed by atoms with Crippen molar-refractivity contribution in [3.05, 3.63) is 33.4 Å². The van der Waals surface area contributed by atoms with Crippen LogP contribution in [0.25, 0.3) is 0 Å². The highest BCUT2D eigenvalue weighted by atomic mass is 127. The van der Waals surface area contributed by atoms with Gasteiger partial charge in [0.15, 0.2) is 0 Å². The van der Waals surface area contributed by atoms with Crippen molar-refractivity contribution in [2.75, 3.05) is 13.1 Å². The molecule has 1 aromatic carbocycles. The molecule has 0 spiro atoms. The summed E-state index contributed by atoms with van der Waals surface area (Å²) in [4.78, 5) is 2.75. The molecular formula is C15H20IN. The van der Waals surface area contributed by atoms with Crippen molar-refractivity contribution >= 4 is 22.6 Å². The van der Waals surface area contributed by atoms with E-state index in [-0.39, 0.29) is 0 Å². The van der Waals surface area contributed by atoms with Crippen molar-refractivity contribution in [1.29, 1.82) is 0 Å². The summed E-state index contributed by atoms with van der Waals surface area (Å²) >= 11 is 2.39. The lowest BCUT2D eigenvalue weighted by Gasteiger charge is -2.37. The molecule has 2 fully saturated rings. The third kappa shape index (κ3) is 2.26. The van der Waals surface area contributed by atoms with Gasteiger partial charge in [0.05, 0.1) is 0 Å². The van der Waals surface area contributed by atoms with Gasteiger partial charge in [0, 0.05) is 9.11 Å². The Kier molecular flexibility index (Phi) is 3.20. The summed E-state index contributed by atoms with van der Waals surface area (Å²) in [6, 6.07) is 9.19. The summed E-state index contributed by atoms with van der Waals surface area (Å²) in [6.45, 7) is 4.99. The van der Waals surface area contributed by atoms with E-state index in [9.17, 15) is 0 Å². The predicted molar refractivity (Wildman–Crippen MR) is 80.0 cm³/mol. The average molecular weight is 341 g/mol. The Labute approximate surface area is 118 Å². The molecule has 1 heterocycles. The quantitative estimate of drug-likeness (QED) is 0.735. The SMILES string of the molecule is CC1CCN(C2(c3ccc(I)cc3)CC2)CC1. The van der Waals surface area contributed by atoms with Gasteiger partial charge in [0.1, 0.15) is 0 Å². The largest absolute Gasteiger partial charge is 0.294 e. The lowest BCUT2D eigenvalue weighted by molar-refractivity contribution is 0.121. The smallest absolute Gasteiger partial charge is 0.0462 e. The zero-order chi connectivity index (χ0) is 11.9. The molecule has 2 aliphatic rings. The Hall–Kier alpha value is -0.0900. The first-order valence-corrected chi connectivity index (χ1v) is 7.80. The van der Waals surface area contributed by atoms with E-state index >= 15 is 0 Å². The van der Waals surface area contributed by atoms with Crippen LogP contribution >= 0.6 is 22.6 Å². The third-order valence-electron chi connectivity index (χ3n) is 4.49. The fourth-order valence-electron chi connectivity index (χ4n) is 3.10. The van der Waals surface area contributed by atoms with Crippen LogP contribution in [-0.4, -0.2) is 18.0 Å². The summed E-state index contributed by atoms with van der Waals surface area (Å²) in [5, 5.41) is 0. The van der Waals surface area contributed by atoms with E-state index < -0.39 is 0 Å². The first kappa shape index (κ1) is 12.0. The molecule has 0 aromatic heterocycles. The van der Waals surface area contributed by atoms with Crippen molar-refractivity contribution in [2.24, 2.45) is 5.92 Å². The van der Waals surface area contributed by atoms with Crippen molar-refractivity contribution in [2.45, 2.75) is 38.1 Å². The summed E-state index contributed by atoms with van der Waals surface area (Å²) in [7, 11) is 0. The summed E-state index contributed by atoms with van der Waals surface area (Å²) in [5.41, 5.74) is 1.97. The van der Waals surface area contributed by atoms with Crippen LogP contribution in [0.2, 0.25) is 0 Å². The summed E-state index contributed by atoms with van der Waals surface area (Å²) in [5.74, 6) is 0.929. The number of piperidine rings is 1. The molecular weight excluding hydrogens is 321 g/mol. The van der Waals surface area contributed by atoms with Crippen LogP contribution in [0, 0.1) is 9.49 Å². The molecule has 0 N–H and O–H groups in total. The number of hydrogen-bond acceptors (Lipinski definition) is 1. The molecule has 1 aromatic rings. The topological polar surface area (TPSA) is 3.24 Å². The minimum absolute atomic E-state index is 0.421.